The Kier molecular flexibility index (Phi) is 5.48. The second-order valence-corrected chi connectivity index (χ2v) is 5.77. The molecule has 2 saturated heterocycles. The topological polar surface area (TPSA) is 41.6 Å². The normalized spacial score (nSPS) is 24.1. The van der Waals surface area contributed by atoms with E-state index in [1.807, 2.05) is 29.2 Å². The van der Waals surface area contributed by atoms with E-state index in [2.05, 4.69) is 5.32 Å². The third-order valence-corrected chi connectivity index (χ3v) is 4.50. The van der Waals surface area contributed by atoms with Crippen molar-refractivity contribution in [2.24, 2.45) is 5.92 Å². The molecule has 2 aliphatic heterocycles. The predicted molar refractivity (Wildman–Crippen MR) is 85.0 cm³/mol. The van der Waals surface area contributed by atoms with Gasteiger partial charge >= 0.3 is 0 Å². The monoisotopic (exact) mass is 310 g/mol. The Morgan fingerprint density at radius 3 is 3.10 bits per heavy atom. The molecule has 2 fully saturated rings. The lowest BCUT2D eigenvalue weighted by Gasteiger charge is -2.35. The average Bonchev–Trinajstić information content (AvgIpc) is 2.94. The standard InChI is InChI=1S/C16H22N2O2.ClH/c1-20-14-4-2-3-12(9-14)10-16(19)18-8-6-15-13(11-18)5-7-17-15;/h2-4,9,13,15,17H,5-8,10-11H2,1H3;1H. The molecule has 1 N–H and O–H groups in total. The van der Waals surface area contributed by atoms with Crippen molar-refractivity contribution in [3.8, 4) is 5.75 Å². The molecule has 2 aliphatic rings. The van der Waals surface area contributed by atoms with E-state index in [0.717, 1.165) is 37.4 Å². The van der Waals surface area contributed by atoms with Gasteiger partial charge in [0, 0.05) is 19.1 Å². The fraction of sp³-hybridized carbons (Fsp3) is 0.562. The van der Waals surface area contributed by atoms with Crippen LogP contribution in [-0.2, 0) is 11.2 Å². The summed E-state index contributed by atoms with van der Waals surface area (Å²) in [4.78, 5) is 14.5. The predicted octanol–water partition coefficient (Wildman–Crippen LogP) is 1.87. The number of hydrogen-bond acceptors (Lipinski definition) is 3. The summed E-state index contributed by atoms with van der Waals surface area (Å²) in [6.07, 6.45) is 2.77. The molecule has 21 heavy (non-hydrogen) atoms. The second-order valence-electron chi connectivity index (χ2n) is 5.77. The number of carbonyl (C=O) groups is 1. The number of amides is 1. The summed E-state index contributed by atoms with van der Waals surface area (Å²) < 4.78 is 5.21. The van der Waals surface area contributed by atoms with Crippen molar-refractivity contribution < 1.29 is 9.53 Å². The molecule has 2 unspecified atom stereocenters. The molecule has 2 heterocycles. The van der Waals surface area contributed by atoms with Crippen LogP contribution >= 0.6 is 12.4 Å². The minimum atomic E-state index is 0. The van der Waals surface area contributed by atoms with Gasteiger partial charge in [0.1, 0.15) is 5.75 Å². The zero-order valence-corrected chi connectivity index (χ0v) is 13.2. The lowest BCUT2D eigenvalue weighted by atomic mass is 9.93. The maximum Gasteiger partial charge on any atom is 0.227 e. The SMILES string of the molecule is COc1cccc(CC(=O)N2CCC3NCCC3C2)c1.Cl. The van der Waals surface area contributed by atoms with Crippen molar-refractivity contribution in [2.75, 3.05) is 26.7 Å². The fourth-order valence-electron chi connectivity index (χ4n) is 3.34. The highest BCUT2D eigenvalue weighted by Gasteiger charge is 2.34. The zero-order valence-electron chi connectivity index (χ0n) is 12.4. The number of nitrogens with zero attached hydrogens (tertiary/aromatic N) is 1. The number of carbonyl (C=O) groups excluding carboxylic acids is 1. The van der Waals surface area contributed by atoms with E-state index in [1.54, 1.807) is 7.11 Å². The molecule has 0 saturated carbocycles. The highest BCUT2D eigenvalue weighted by atomic mass is 35.5. The van der Waals surface area contributed by atoms with E-state index in [1.165, 1.54) is 6.42 Å². The van der Waals surface area contributed by atoms with Gasteiger partial charge in [-0.2, -0.15) is 0 Å². The molecule has 5 heteroatoms. The third-order valence-electron chi connectivity index (χ3n) is 4.50. The molecule has 0 aliphatic carbocycles. The zero-order chi connectivity index (χ0) is 13.9. The molecule has 116 valence electrons. The number of hydrogen-bond donors (Lipinski definition) is 1. The lowest BCUT2D eigenvalue weighted by molar-refractivity contribution is -0.132. The minimum absolute atomic E-state index is 0. The van der Waals surface area contributed by atoms with Gasteiger partial charge in [0.15, 0.2) is 0 Å². The van der Waals surface area contributed by atoms with Gasteiger partial charge in [-0.15, -0.1) is 12.4 Å². The highest BCUT2D eigenvalue weighted by molar-refractivity contribution is 5.85. The maximum atomic E-state index is 12.4. The lowest BCUT2D eigenvalue weighted by Crippen LogP contribution is -2.47. The summed E-state index contributed by atoms with van der Waals surface area (Å²) in [5.41, 5.74) is 1.03. The van der Waals surface area contributed by atoms with E-state index in [-0.39, 0.29) is 18.3 Å². The summed E-state index contributed by atoms with van der Waals surface area (Å²) in [5.74, 6) is 1.70. The number of piperidine rings is 1. The Labute approximate surface area is 132 Å². The van der Waals surface area contributed by atoms with Crippen molar-refractivity contribution in [3.05, 3.63) is 29.8 Å². The van der Waals surface area contributed by atoms with Gasteiger partial charge < -0.3 is 15.0 Å². The highest BCUT2D eigenvalue weighted by Crippen LogP contribution is 2.25. The van der Waals surface area contributed by atoms with E-state index in [0.29, 0.717) is 18.4 Å². The Balaban J connectivity index is 0.00000161. The van der Waals surface area contributed by atoms with Crippen LogP contribution in [0.5, 0.6) is 5.75 Å². The van der Waals surface area contributed by atoms with Crippen LogP contribution < -0.4 is 10.1 Å². The van der Waals surface area contributed by atoms with Gasteiger partial charge in [0.2, 0.25) is 5.91 Å². The summed E-state index contributed by atoms with van der Waals surface area (Å²) in [7, 11) is 1.65. The van der Waals surface area contributed by atoms with E-state index >= 15 is 0 Å². The number of halogens is 1. The van der Waals surface area contributed by atoms with Crippen molar-refractivity contribution >= 4 is 18.3 Å². The fourth-order valence-corrected chi connectivity index (χ4v) is 3.34. The third kappa shape index (κ3) is 3.69. The molecule has 1 aromatic carbocycles. The van der Waals surface area contributed by atoms with Gasteiger partial charge in [-0.1, -0.05) is 12.1 Å². The van der Waals surface area contributed by atoms with Gasteiger partial charge in [0.05, 0.1) is 13.5 Å². The number of nitrogens with one attached hydrogen (secondary N) is 1. The summed E-state index contributed by atoms with van der Waals surface area (Å²) >= 11 is 0. The first kappa shape index (κ1) is 16.1. The number of fused-ring (bicyclic) bond motifs is 1. The molecule has 0 bridgehead atoms. The molecule has 2 atom stereocenters. The van der Waals surface area contributed by atoms with Gasteiger partial charge in [-0.05, 0) is 43.0 Å². The van der Waals surface area contributed by atoms with Crippen LogP contribution in [0.4, 0.5) is 0 Å². The van der Waals surface area contributed by atoms with Crippen molar-refractivity contribution in [2.45, 2.75) is 25.3 Å². The molecule has 0 spiro atoms. The molecule has 1 aromatic rings. The number of methoxy groups -OCH3 is 1. The Hall–Kier alpha value is -1.26. The number of ether oxygens (including phenoxy) is 1. The largest absolute Gasteiger partial charge is 0.497 e. The van der Waals surface area contributed by atoms with Crippen molar-refractivity contribution in [1.82, 2.24) is 10.2 Å². The first-order valence-corrected chi connectivity index (χ1v) is 7.40. The van der Waals surface area contributed by atoms with Crippen LogP contribution in [-0.4, -0.2) is 43.6 Å². The van der Waals surface area contributed by atoms with Gasteiger partial charge in [0.25, 0.3) is 0 Å². The van der Waals surface area contributed by atoms with E-state index < -0.39 is 0 Å². The number of likely N-dealkylation sites (tertiary alicyclic amines) is 1. The molecule has 3 rings (SSSR count). The summed E-state index contributed by atoms with van der Waals surface area (Å²) in [6, 6.07) is 8.42. The van der Waals surface area contributed by atoms with Crippen LogP contribution in [0.1, 0.15) is 18.4 Å². The molecule has 4 nitrogen and oxygen atoms in total. The average molecular weight is 311 g/mol. The Morgan fingerprint density at radius 2 is 2.29 bits per heavy atom. The van der Waals surface area contributed by atoms with Crippen molar-refractivity contribution in [1.29, 1.82) is 0 Å². The Morgan fingerprint density at radius 1 is 1.43 bits per heavy atom. The summed E-state index contributed by atoms with van der Waals surface area (Å²) in [5, 5.41) is 3.53. The quantitative estimate of drug-likeness (QED) is 0.927. The first-order chi connectivity index (χ1) is 9.76. The van der Waals surface area contributed by atoms with E-state index in [9.17, 15) is 4.79 Å². The van der Waals surface area contributed by atoms with Crippen LogP contribution in [0.15, 0.2) is 24.3 Å². The smallest absolute Gasteiger partial charge is 0.227 e. The van der Waals surface area contributed by atoms with Crippen molar-refractivity contribution in [3.63, 3.8) is 0 Å². The number of benzene rings is 1. The maximum absolute atomic E-state index is 12.4. The molecular weight excluding hydrogens is 288 g/mol. The summed E-state index contributed by atoms with van der Waals surface area (Å²) in [6.45, 7) is 2.91. The first-order valence-electron chi connectivity index (χ1n) is 7.40. The number of rotatable bonds is 3. The van der Waals surface area contributed by atoms with Gasteiger partial charge in [-0.3, -0.25) is 4.79 Å². The van der Waals surface area contributed by atoms with Crippen LogP contribution in [0.3, 0.4) is 0 Å². The second kappa shape index (κ2) is 7.14. The van der Waals surface area contributed by atoms with Crippen LogP contribution in [0.2, 0.25) is 0 Å². The molecule has 0 aromatic heterocycles. The Bertz CT molecular complexity index is 495. The van der Waals surface area contributed by atoms with Gasteiger partial charge in [-0.25, -0.2) is 0 Å². The molecule has 1 amide bonds. The molecular formula is C16H23ClN2O2. The molecule has 0 radical (unpaired) electrons. The van der Waals surface area contributed by atoms with Crippen LogP contribution in [0.25, 0.3) is 0 Å². The van der Waals surface area contributed by atoms with E-state index in [4.69, 9.17) is 4.74 Å². The minimum Gasteiger partial charge on any atom is -0.497 e. The van der Waals surface area contributed by atoms with Crippen LogP contribution in [0, 0.1) is 5.92 Å².